The van der Waals surface area contributed by atoms with Crippen molar-refractivity contribution < 1.29 is 18.8 Å². The number of urea groups is 1. The number of amides is 2. The molecule has 2 amide bonds. The average molecular weight is 455 g/mol. The molecular formula is C23H23ClN4O4. The van der Waals surface area contributed by atoms with Crippen LogP contribution in [0.1, 0.15) is 24.4 Å². The molecular weight excluding hydrogens is 432 g/mol. The Morgan fingerprint density at radius 1 is 1.19 bits per heavy atom. The van der Waals surface area contributed by atoms with Crippen molar-refractivity contribution in [3.8, 4) is 17.1 Å². The minimum atomic E-state index is -0.496. The molecule has 1 aliphatic heterocycles. The van der Waals surface area contributed by atoms with Crippen molar-refractivity contribution in [2.24, 2.45) is 0 Å². The molecule has 166 valence electrons. The number of carbonyl (C=O) groups excluding carboxylic acids is 1. The zero-order valence-corrected chi connectivity index (χ0v) is 18.7. The van der Waals surface area contributed by atoms with E-state index in [-0.39, 0.29) is 6.03 Å². The van der Waals surface area contributed by atoms with E-state index in [0.717, 1.165) is 16.9 Å². The summed E-state index contributed by atoms with van der Waals surface area (Å²) in [6, 6.07) is 14.0. The lowest BCUT2D eigenvalue weighted by atomic mass is 9.94. The Labute approximate surface area is 190 Å². The van der Waals surface area contributed by atoms with Gasteiger partial charge in [0.25, 0.3) is 5.89 Å². The van der Waals surface area contributed by atoms with Gasteiger partial charge in [-0.25, -0.2) is 4.79 Å². The Morgan fingerprint density at radius 3 is 2.66 bits per heavy atom. The van der Waals surface area contributed by atoms with Gasteiger partial charge in [-0.05, 0) is 48.9 Å². The van der Waals surface area contributed by atoms with Gasteiger partial charge in [-0.15, -0.1) is 0 Å². The van der Waals surface area contributed by atoms with Crippen molar-refractivity contribution in [2.75, 3.05) is 27.4 Å². The third kappa shape index (κ3) is 4.32. The van der Waals surface area contributed by atoms with Crippen molar-refractivity contribution in [1.82, 2.24) is 20.4 Å². The maximum Gasteiger partial charge on any atom is 0.322 e. The third-order valence-corrected chi connectivity index (χ3v) is 5.54. The Balaban J connectivity index is 1.78. The topological polar surface area (TPSA) is 89.7 Å². The van der Waals surface area contributed by atoms with Crippen LogP contribution in [0.25, 0.3) is 17.0 Å². The fourth-order valence-electron chi connectivity index (χ4n) is 3.64. The number of halogens is 1. The van der Waals surface area contributed by atoms with Crippen molar-refractivity contribution >= 4 is 23.2 Å². The second-order valence-corrected chi connectivity index (χ2v) is 7.67. The fraction of sp³-hybridized carbons (Fsp3) is 0.261. The number of nitrogens with zero attached hydrogens (tertiary/aromatic N) is 3. The Hall–Kier alpha value is -3.36. The third-order valence-electron chi connectivity index (χ3n) is 5.30. The lowest BCUT2D eigenvalue weighted by molar-refractivity contribution is 0.158. The second-order valence-electron chi connectivity index (χ2n) is 7.23. The predicted molar refractivity (Wildman–Crippen MR) is 120 cm³/mol. The highest BCUT2D eigenvalue weighted by atomic mass is 35.5. The first kappa shape index (κ1) is 21.9. The lowest BCUT2D eigenvalue weighted by Crippen LogP contribution is -2.47. The van der Waals surface area contributed by atoms with Crippen LogP contribution in [0.15, 0.2) is 58.8 Å². The highest BCUT2D eigenvalue weighted by Crippen LogP contribution is 2.37. The number of ether oxygens (including phenoxy) is 2. The number of allylic oxidation sites excluding steroid dienone is 1. The molecule has 2 aromatic carbocycles. The van der Waals surface area contributed by atoms with E-state index >= 15 is 0 Å². The molecule has 0 bridgehead atoms. The molecule has 1 aromatic heterocycles. The molecule has 9 heteroatoms. The molecule has 0 saturated carbocycles. The van der Waals surface area contributed by atoms with Crippen LogP contribution in [-0.2, 0) is 4.74 Å². The molecule has 0 fully saturated rings. The quantitative estimate of drug-likeness (QED) is 0.563. The van der Waals surface area contributed by atoms with E-state index < -0.39 is 6.04 Å². The monoisotopic (exact) mass is 454 g/mol. The van der Waals surface area contributed by atoms with Crippen LogP contribution in [0, 0.1) is 0 Å². The normalized spacial score (nSPS) is 16.3. The van der Waals surface area contributed by atoms with Gasteiger partial charge in [0, 0.05) is 23.4 Å². The summed E-state index contributed by atoms with van der Waals surface area (Å²) in [5, 5.41) is 7.76. The first-order valence-electron chi connectivity index (χ1n) is 10.0. The van der Waals surface area contributed by atoms with E-state index in [0.29, 0.717) is 41.2 Å². The SMILES string of the molecule is COCCN1C(=O)NC(c2cccc(Cl)c2)C(c2nc(-c3ccc(OC)cc3)no2)=C1C. The molecule has 0 aliphatic carbocycles. The van der Waals surface area contributed by atoms with E-state index in [1.54, 1.807) is 25.2 Å². The zero-order chi connectivity index (χ0) is 22.7. The molecule has 4 rings (SSSR count). The van der Waals surface area contributed by atoms with Crippen LogP contribution in [-0.4, -0.2) is 48.4 Å². The highest BCUT2D eigenvalue weighted by molar-refractivity contribution is 6.30. The van der Waals surface area contributed by atoms with E-state index in [1.807, 2.05) is 49.4 Å². The number of benzene rings is 2. The molecule has 1 atom stereocenters. The fourth-order valence-corrected chi connectivity index (χ4v) is 3.84. The summed E-state index contributed by atoms with van der Waals surface area (Å²) < 4.78 is 16.0. The van der Waals surface area contributed by atoms with Gasteiger partial charge in [0.2, 0.25) is 5.82 Å². The van der Waals surface area contributed by atoms with E-state index in [4.69, 9.17) is 25.6 Å². The molecule has 0 radical (unpaired) electrons. The summed E-state index contributed by atoms with van der Waals surface area (Å²) in [6.45, 7) is 2.64. The van der Waals surface area contributed by atoms with Crippen LogP contribution in [0.3, 0.4) is 0 Å². The molecule has 32 heavy (non-hydrogen) atoms. The Morgan fingerprint density at radius 2 is 1.97 bits per heavy atom. The second kappa shape index (κ2) is 9.42. The van der Waals surface area contributed by atoms with E-state index in [9.17, 15) is 4.79 Å². The van der Waals surface area contributed by atoms with Crippen molar-refractivity contribution in [3.05, 3.63) is 70.7 Å². The first-order valence-corrected chi connectivity index (χ1v) is 10.4. The minimum absolute atomic E-state index is 0.233. The zero-order valence-electron chi connectivity index (χ0n) is 18.0. The standard InChI is InChI=1S/C23H23ClN4O4/c1-14-19(22-26-21(27-32-22)15-7-9-18(31-3)10-8-15)20(16-5-4-6-17(24)13-16)25-23(29)28(14)11-12-30-2/h4-10,13,20H,11-12H2,1-3H3,(H,25,29). The van der Waals surface area contributed by atoms with Gasteiger partial charge in [-0.3, -0.25) is 4.90 Å². The number of rotatable bonds is 7. The van der Waals surface area contributed by atoms with E-state index in [1.165, 1.54) is 0 Å². The number of nitrogens with one attached hydrogen (secondary N) is 1. The number of methoxy groups -OCH3 is 2. The van der Waals surface area contributed by atoms with Crippen LogP contribution in [0.5, 0.6) is 5.75 Å². The highest BCUT2D eigenvalue weighted by Gasteiger charge is 2.35. The van der Waals surface area contributed by atoms with Crippen LogP contribution in [0.4, 0.5) is 4.79 Å². The number of aromatic nitrogens is 2. The smallest absolute Gasteiger partial charge is 0.322 e. The summed E-state index contributed by atoms with van der Waals surface area (Å²) in [6.07, 6.45) is 0. The minimum Gasteiger partial charge on any atom is -0.497 e. The molecule has 0 spiro atoms. The maximum atomic E-state index is 12.9. The molecule has 1 N–H and O–H groups in total. The maximum absolute atomic E-state index is 12.9. The molecule has 8 nitrogen and oxygen atoms in total. The Kier molecular flexibility index (Phi) is 6.43. The summed E-state index contributed by atoms with van der Waals surface area (Å²) in [7, 11) is 3.20. The molecule has 2 heterocycles. The van der Waals surface area contributed by atoms with Crippen LogP contribution >= 0.6 is 11.6 Å². The Bertz CT molecular complexity index is 1140. The molecule has 0 saturated heterocycles. The molecule has 1 aliphatic rings. The number of hydrogen-bond donors (Lipinski definition) is 1. The van der Waals surface area contributed by atoms with Crippen LogP contribution < -0.4 is 10.1 Å². The molecule has 3 aromatic rings. The van der Waals surface area contributed by atoms with Gasteiger partial charge in [0.05, 0.1) is 31.9 Å². The summed E-state index contributed by atoms with van der Waals surface area (Å²) in [5.74, 6) is 1.50. The average Bonchev–Trinajstić information content (AvgIpc) is 3.28. The van der Waals surface area contributed by atoms with Gasteiger partial charge < -0.3 is 19.3 Å². The van der Waals surface area contributed by atoms with Gasteiger partial charge in [0.15, 0.2) is 0 Å². The number of carbonyl (C=O) groups is 1. The summed E-state index contributed by atoms with van der Waals surface area (Å²) in [4.78, 5) is 19.1. The van der Waals surface area contributed by atoms with Crippen molar-refractivity contribution in [1.29, 1.82) is 0 Å². The summed E-state index contributed by atoms with van der Waals surface area (Å²) >= 11 is 6.22. The molecule has 1 unspecified atom stereocenters. The number of hydrogen-bond acceptors (Lipinski definition) is 6. The van der Waals surface area contributed by atoms with Crippen molar-refractivity contribution in [2.45, 2.75) is 13.0 Å². The van der Waals surface area contributed by atoms with Gasteiger partial charge in [-0.1, -0.05) is 28.9 Å². The van der Waals surface area contributed by atoms with Gasteiger partial charge in [-0.2, -0.15) is 4.98 Å². The van der Waals surface area contributed by atoms with E-state index in [2.05, 4.69) is 15.5 Å². The first-order chi connectivity index (χ1) is 15.5. The van der Waals surface area contributed by atoms with Crippen molar-refractivity contribution in [3.63, 3.8) is 0 Å². The van der Waals surface area contributed by atoms with Gasteiger partial charge in [0.1, 0.15) is 5.75 Å². The summed E-state index contributed by atoms with van der Waals surface area (Å²) in [5.41, 5.74) is 3.01. The lowest BCUT2D eigenvalue weighted by Gasteiger charge is -2.35. The van der Waals surface area contributed by atoms with Gasteiger partial charge >= 0.3 is 6.03 Å². The largest absolute Gasteiger partial charge is 0.497 e. The predicted octanol–water partition coefficient (Wildman–Crippen LogP) is 4.54. The van der Waals surface area contributed by atoms with Crippen LogP contribution in [0.2, 0.25) is 5.02 Å².